The Morgan fingerprint density at radius 3 is 2.45 bits per heavy atom. The average molecular weight is 301 g/mol. The molecule has 1 aromatic rings. The predicted octanol–water partition coefficient (Wildman–Crippen LogP) is 1.84. The Morgan fingerprint density at radius 1 is 1.40 bits per heavy atom. The van der Waals surface area contributed by atoms with E-state index in [1.54, 1.807) is 6.92 Å². The van der Waals surface area contributed by atoms with Crippen LogP contribution in [0.4, 0.5) is 11.4 Å². The van der Waals surface area contributed by atoms with Crippen molar-refractivity contribution >= 4 is 21.4 Å². The Morgan fingerprint density at radius 2 is 2.00 bits per heavy atom. The van der Waals surface area contributed by atoms with E-state index in [2.05, 4.69) is 0 Å². The molecule has 1 rings (SSSR count). The van der Waals surface area contributed by atoms with Crippen molar-refractivity contribution in [2.75, 3.05) is 18.8 Å². The molecule has 0 aliphatic heterocycles. The molecule has 0 aliphatic rings. The highest BCUT2D eigenvalue weighted by Gasteiger charge is 2.32. The van der Waals surface area contributed by atoms with Crippen molar-refractivity contribution in [3.63, 3.8) is 0 Å². The van der Waals surface area contributed by atoms with Gasteiger partial charge in [0.2, 0.25) is 10.0 Å². The molecule has 0 radical (unpaired) electrons. The van der Waals surface area contributed by atoms with Crippen molar-refractivity contribution in [3.05, 3.63) is 28.3 Å². The first-order valence-electron chi connectivity index (χ1n) is 6.24. The zero-order valence-corrected chi connectivity index (χ0v) is 12.6. The first-order valence-corrected chi connectivity index (χ1v) is 7.68. The third kappa shape index (κ3) is 3.26. The highest BCUT2D eigenvalue weighted by molar-refractivity contribution is 7.89. The van der Waals surface area contributed by atoms with Crippen molar-refractivity contribution in [1.82, 2.24) is 4.31 Å². The number of para-hydroxylation sites is 1. The Hall–Kier alpha value is -1.67. The summed E-state index contributed by atoms with van der Waals surface area (Å²) in [7, 11) is -3.93. The van der Waals surface area contributed by atoms with Gasteiger partial charge < -0.3 is 5.73 Å². The normalized spacial score (nSPS) is 12.1. The Balaban J connectivity index is 3.42. The van der Waals surface area contributed by atoms with Gasteiger partial charge in [-0.15, -0.1) is 0 Å². The molecule has 0 unspecified atom stereocenters. The first-order chi connectivity index (χ1) is 9.21. The number of hydrogen-bond acceptors (Lipinski definition) is 5. The van der Waals surface area contributed by atoms with Crippen LogP contribution in [0.15, 0.2) is 23.1 Å². The smallest absolute Gasteiger partial charge is 0.312 e. The summed E-state index contributed by atoms with van der Waals surface area (Å²) in [6.07, 6.45) is 0. The minimum Gasteiger partial charge on any atom is -0.393 e. The number of benzene rings is 1. The molecular weight excluding hydrogens is 282 g/mol. The molecule has 0 amide bonds. The third-order valence-corrected chi connectivity index (χ3v) is 4.72. The van der Waals surface area contributed by atoms with Crippen molar-refractivity contribution in [2.24, 2.45) is 5.92 Å². The molecule has 0 saturated carbocycles. The molecule has 0 bridgehead atoms. The second-order valence-corrected chi connectivity index (χ2v) is 6.71. The maximum Gasteiger partial charge on any atom is 0.312 e. The van der Waals surface area contributed by atoms with E-state index in [0.29, 0.717) is 6.54 Å². The lowest BCUT2D eigenvalue weighted by molar-refractivity contribution is -0.386. The molecule has 0 spiro atoms. The number of sulfonamides is 1. The van der Waals surface area contributed by atoms with Gasteiger partial charge in [-0.1, -0.05) is 26.8 Å². The molecule has 0 aliphatic carbocycles. The molecular formula is C12H19N3O4S. The predicted molar refractivity (Wildman–Crippen MR) is 76.8 cm³/mol. The molecule has 7 nitrogen and oxygen atoms in total. The van der Waals surface area contributed by atoms with E-state index in [-0.39, 0.29) is 23.0 Å². The van der Waals surface area contributed by atoms with Crippen LogP contribution in [0.3, 0.4) is 0 Å². The van der Waals surface area contributed by atoms with Crippen LogP contribution in [-0.4, -0.2) is 30.7 Å². The fourth-order valence-corrected chi connectivity index (χ4v) is 3.69. The molecule has 8 heteroatoms. The van der Waals surface area contributed by atoms with Crippen molar-refractivity contribution in [2.45, 2.75) is 25.7 Å². The lowest BCUT2D eigenvalue weighted by Gasteiger charge is -2.22. The van der Waals surface area contributed by atoms with Gasteiger partial charge in [-0.05, 0) is 18.1 Å². The summed E-state index contributed by atoms with van der Waals surface area (Å²) in [6.45, 7) is 5.99. The number of anilines is 1. The van der Waals surface area contributed by atoms with Crippen LogP contribution in [0.2, 0.25) is 0 Å². The van der Waals surface area contributed by atoms with Gasteiger partial charge in [0.05, 0.1) is 4.92 Å². The number of nitro groups is 1. The molecule has 0 heterocycles. The monoisotopic (exact) mass is 301 g/mol. The van der Waals surface area contributed by atoms with E-state index < -0.39 is 20.6 Å². The number of nitro benzene ring substituents is 1. The zero-order valence-electron chi connectivity index (χ0n) is 11.7. The van der Waals surface area contributed by atoms with Crippen LogP contribution in [0.25, 0.3) is 0 Å². The van der Waals surface area contributed by atoms with E-state index in [1.165, 1.54) is 22.5 Å². The van der Waals surface area contributed by atoms with E-state index in [9.17, 15) is 18.5 Å². The van der Waals surface area contributed by atoms with Crippen molar-refractivity contribution < 1.29 is 13.3 Å². The molecule has 1 aromatic carbocycles. The SMILES string of the molecule is CCN(CC(C)C)S(=O)(=O)c1cccc(N)c1[N+](=O)[O-]. The minimum atomic E-state index is -3.93. The standard InChI is InChI=1S/C12H19N3O4S/c1-4-14(8-9(2)3)20(18,19)11-7-5-6-10(13)12(11)15(16)17/h5-7,9H,4,8,13H2,1-3H3. The zero-order chi connectivity index (χ0) is 15.5. The van der Waals surface area contributed by atoms with Crippen LogP contribution in [0.5, 0.6) is 0 Å². The van der Waals surface area contributed by atoms with E-state index in [1.807, 2.05) is 13.8 Å². The number of hydrogen-bond donors (Lipinski definition) is 1. The second-order valence-electron chi connectivity index (χ2n) is 4.80. The van der Waals surface area contributed by atoms with E-state index in [0.717, 1.165) is 0 Å². The largest absolute Gasteiger partial charge is 0.393 e. The summed E-state index contributed by atoms with van der Waals surface area (Å²) in [5.41, 5.74) is 4.82. The Bertz CT molecular complexity index is 599. The number of nitrogens with zero attached hydrogens (tertiary/aromatic N) is 2. The maximum atomic E-state index is 12.5. The molecule has 2 N–H and O–H groups in total. The van der Waals surface area contributed by atoms with Crippen LogP contribution < -0.4 is 5.73 Å². The summed E-state index contributed by atoms with van der Waals surface area (Å²) in [6, 6.07) is 3.93. The molecule has 112 valence electrons. The van der Waals surface area contributed by atoms with Gasteiger partial charge in [0, 0.05) is 13.1 Å². The summed E-state index contributed by atoms with van der Waals surface area (Å²) >= 11 is 0. The Kier molecular flexibility index (Phi) is 5.07. The van der Waals surface area contributed by atoms with Gasteiger partial charge in [-0.3, -0.25) is 10.1 Å². The van der Waals surface area contributed by atoms with Crippen LogP contribution in [0.1, 0.15) is 20.8 Å². The maximum absolute atomic E-state index is 12.5. The first kappa shape index (κ1) is 16.4. The topological polar surface area (TPSA) is 107 Å². The van der Waals surface area contributed by atoms with Gasteiger partial charge in [0.25, 0.3) is 0 Å². The minimum absolute atomic E-state index is 0.116. The molecule has 0 aromatic heterocycles. The third-order valence-electron chi connectivity index (χ3n) is 2.75. The van der Waals surface area contributed by atoms with Gasteiger partial charge in [0.1, 0.15) is 5.69 Å². The fourth-order valence-electron chi connectivity index (χ4n) is 1.89. The number of nitrogens with two attached hydrogens (primary N) is 1. The second kappa shape index (κ2) is 6.19. The fraction of sp³-hybridized carbons (Fsp3) is 0.500. The molecule has 20 heavy (non-hydrogen) atoms. The van der Waals surface area contributed by atoms with Gasteiger partial charge in [0.15, 0.2) is 4.90 Å². The summed E-state index contributed by atoms with van der Waals surface area (Å²) in [5.74, 6) is 0.116. The molecule has 0 saturated heterocycles. The molecule has 0 fully saturated rings. The van der Waals surface area contributed by atoms with Crippen LogP contribution in [0, 0.1) is 16.0 Å². The van der Waals surface area contributed by atoms with Gasteiger partial charge in [-0.2, -0.15) is 4.31 Å². The lowest BCUT2D eigenvalue weighted by Crippen LogP contribution is -2.34. The number of rotatable bonds is 6. The Labute approximate surface area is 118 Å². The molecule has 0 atom stereocenters. The highest BCUT2D eigenvalue weighted by atomic mass is 32.2. The van der Waals surface area contributed by atoms with Gasteiger partial charge in [-0.25, -0.2) is 8.42 Å². The lowest BCUT2D eigenvalue weighted by atomic mass is 10.2. The summed E-state index contributed by atoms with van der Waals surface area (Å²) in [5, 5.41) is 11.1. The quantitative estimate of drug-likeness (QED) is 0.490. The van der Waals surface area contributed by atoms with Crippen molar-refractivity contribution in [1.29, 1.82) is 0 Å². The summed E-state index contributed by atoms with van der Waals surface area (Å²) in [4.78, 5) is 9.95. The van der Waals surface area contributed by atoms with Crippen LogP contribution >= 0.6 is 0 Å². The highest BCUT2D eigenvalue weighted by Crippen LogP contribution is 2.31. The van der Waals surface area contributed by atoms with E-state index >= 15 is 0 Å². The van der Waals surface area contributed by atoms with E-state index in [4.69, 9.17) is 5.73 Å². The van der Waals surface area contributed by atoms with Gasteiger partial charge >= 0.3 is 5.69 Å². The van der Waals surface area contributed by atoms with Crippen LogP contribution in [-0.2, 0) is 10.0 Å². The average Bonchev–Trinajstić information content (AvgIpc) is 2.34. The number of nitrogen functional groups attached to an aromatic ring is 1. The van der Waals surface area contributed by atoms with Crippen molar-refractivity contribution in [3.8, 4) is 0 Å². The summed E-state index contributed by atoms with van der Waals surface area (Å²) < 4.78 is 26.3.